The van der Waals surface area contributed by atoms with Gasteiger partial charge in [-0.15, -0.1) is 0 Å². The predicted molar refractivity (Wildman–Crippen MR) is 69.0 cm³/mol. The van der Waals surface area contributed by atoms with Crippen LogP contribution in [0.15, 0.2) is 18.2 Å². The number of hydrogen-bond acceptors (Lipinski definition) is 2. The highest BCUT2D eigenvalue weighted by atomic mass is 16.2. The maximum atomic E-state index is 12.4. The Morgan fingerprint density at radius 2 is 2.06 bits per heavy atom. The maximum Gasteiger partial charge on any atom is 0.254 e. The van der Waals surface area contributed by atoms with Gasteiger partial charge in [-0.1, -0.05) is 24.6 Å². The smallest absolute Gasteiger partial charge is 0.254 e. The number of nitrogens with two attached hydrogens (primary N) is 1. The molecule has 0 aliphatic carbocycles. The van der Waals surface area contributed by atoms with Crippen LogP contribution in [0.5, 0.6) is 0 Å². The molecule has 1 saturated heterocycles. The highest BCUT2D eigenvalue weighted by Crippen LogP contribution is 2.19. The number of rotatable bonds is 1. The Balaban J connectivity index is 2.23. The summed E-state index contributed by atoms with van der Waals surface area (Å²) in [7, 11) is 0. The molecule has 3 heteroatoms. The average Bonchev–Trinajstić information content (AvgIpc) is 2.62. The van der Waals surface area contributed by atoms with Gasteiger partial charge in [-0.3, -0.25) is 4.79 Å². The monoisotopic (exact) mass is 232 g/mol. The molecule has 0 bridgehead atoms. The quantitative estimate of drug-likeness (QED) is 0.801. The van der Waals surface area contributed by atoms with Crippen LogP contribution >= 0.6 is 0 Å². The molecule has 0 radical (unpaired) electrons. The van der Waals surface area contributed by atoms with E-state index in [0.717, 1.165) is 23.2 Å². The van der Waals surface area contributed by atoms with Crippen molar-refractivity contribution in [1.82, 2.24) is 4.90 Å². The molecule has 1 heterocycles. The molecular weight excluding hydrogens is 212 g/mol. The zero-order valence-corrected chi connectivity index (χ0v) is 10.7. The van der Waals surface area contributed by atoms with Crippen molar-refractivity contribution in [2.45, 2.75) is 26.8 Å². The van der Waals surface area contributed by atoms with E-state index in [0.29, 0.717) is 12.5 Å². The normalized spacial score (nSPS) is 24.1. The number of carbonyl (C=O) groups excluding carboxylic acids is 1. The molecule has 1 fully saturated rings. The molecule has 1 aromatic carbocycles. The van der Waals surface area contributed by atoms with Crippen LogP contribution < -0.4 is 5.73 Å². The molecule has 2 atom stereocenters. The minimum atomic E-state index is 0.115. The molecule has 0 aromatic heterocycles. The molecular formula is C14H20N2O. The number of amides is 1. The number of carbonyl (C=O) groups is 1. The third kappa shape index (κ3) is 2.34. The molecule has 0 saturated carbocycles. The van der Waals surface area contributed by atoms with Gasteiger partial charge >= 0.3 is 0 Å². The Bertz CT molecular complexity index is 432. The summed E-state index contributed by atoms with van der Waals surface area (Å²) in [6.07, 6.45) is 0. The molecule has 3 nitrogen and oxygen atoms in total. The van der Waals surface area contributed by atoms with Gasteiger partial charge in [0.05, 0.1) is 0 Å². The summed E-state index contributed by atoms with van der Waals surface area (Å²) >= 11 is 0. The maximum absolute atomic E-state index is 12.4. The molecule has 2 N–H and O–H groups in total. The van der Waals surface area contributed by atoms with E-state index in [4.69, 9.17) is 5.73 Å². The summed E-state index contributed by atoms with van der Waals surface area (Å²) in [4.78, 5) is 14.3. The van der Waals surface area contributed by atoms with Gasteiger partial charge < -0.3 is 10.6 Å². The largest absolute Gasteiger partial charge is 0.337 e. The van der Waals surface area contributed by atoms with Gasteiger partial charge in [0.1, 0.15) is 0 Å². The third-order valence-corrected chi connectivity index (χ3v) is 3.58. The first kappa shape index (κ1) is 12.1. The van der Waals surface area contributed by atoms with E-state index < -0.39 is 0 Å². The van der Waals surface area contributed by atoms with E-state index in [1.165, 1.54) is 0 Å². The molecule has 2 rings (SSSR count). The first-order chi connectivity index (χ1) is 7.99. The van der Waals surface area contributed by atoms with Crippen LogP contribution in [0.1, 0.15) is 28.4 Å². The van der Waals surface area contributed by atoms with Crippen molar-refractivity contribution in [2.75, 3.05) is 13.1 Å². The van der Waals surface area contributed by atoms with Crippen LogP contribution in [0.25, 0.3) is 0 Å². The van der Waals surface area contributed by atoms with Crippen LogP contribution in [0, 0.1) is 19.8 Å². The molecule has 1 aliphatic rings. The van der Waals surface area contributed by atoms with E-state index in [1.54, 1.807) is 0 Å². The first-order valence-corrected chi connectivity index (χ1v) is 6.11. The summed E-state index contributed by atoms with van der Waals surface area (Å²) in [5.41, 5.74) is 8.93. The van der Waals surface area contributed by atoms with Crippen molar-refractivity contribution in [1.29, 1.82) is 0 Å². The van der Waals surface area contributed by atoms with Crippen molar-refractivity contribution >= 4 is 5.91 Å². The van der Waals surface area contributed by atoms with Crippen LogP contribution in [-0.2, 0) is 0 Å². The number of aryl methyl sites for hydroxylation is 2. The van der Waals surface area contributed by atoms with Gasteiger partial charge in [0, 0.05) is 24.7 Å². The minimum Gasteiger partial charge on any atom is -0.337 e. The second kappa shape index (κ2) is 4.49. The van der Waals surface area contributed by atoms with Crippen LogP contribution in [0.4, 0.5) is 0 Å². The lowest BCUT2D eigenvalue weighted by Gasteiger charge is -2.17. The van der Waals surface area contributed by atoms with Crippen LogP contribution in [-0.4, -0.2) is 29.9 Å². The summed E-state index contributed by atoms with van der Waals surface area (Å²) in [6.45, 7) is 7.53. The number of benzene rings is 1. The highest BCUT2D eigenvalue weighted by Gasteiger charge is 2.30. The standard InChI is InChI=1S/C14H20N2O/c1-9-4-5-10(2)12(6-9)14(17)16-7-11(3)13(15)8-16/h4-6,11,13H,7-8,15H2,1-3H3. The topological polar surface area (TPSA) is 46.3 Å². The molecule has 17 heavy (non-hydrogen) atoms. The predicted octanol–water partition coefficient (Wildman–Crippen LogP) is 1.72. The van der Waals surface area contributed by atoms with Gasteiger partial charge in [-0.2, -0.15) is 0 Å². The van der Waals surface area contributed by atoms with Crippen molar-refractivity contribution in [3.63, 3.8) is 0 Å². The Labute approximate surface area is 103 Å². The van der Waals surface area contributed by atoms with E-state index in [-0.39, 0.29) is 11.9 Å². The Kier molecular flexibility index (Phi) is 3.20. The fourth-order valence-corrected chi connectivity index (χ4v) is 2.29. The van der Waals surface area contributed by atoms with Crippen LogP contribution in [0.2, 0.25) is 0 Å². The van der Waals surface area contributed by atoms with Crippen molar-refractivity contribution in [3.8, 4) is 0 Å². The van der Waals surface area contributed by atoms with Gasteiger partial charge in [-0.25, -0.2) is 0 Å². The first-order valence-electron chi connectivity index (χ1n) is 6.11. The van der Waals surface area contributed by atoms with Gasteiger partial charge in [0.15, 0.2) is 0 Å². The zero-order chi connectivity index (χ0) is 12.6. The molecule has 1 aliphatic heterocycles. The summed E-state index contributed by atoms with van der Waals surface area (Å²) in [6, 6.07) is 6.11. The number of likely N-dealkylation sites (tertiary alicyclic amines) is 1. The number of nitrogens with zero attached hydrogens (tertiary/aromatic N) is 1. The summed E-state index contributed by atoms with van der Waals surface area (Å²) in [5.74, 6) is 0.509. The summed E-state index contributed by atoms with van der Waals surface area (Å²) < 4.78 is 0. The van der Waals surface area contributed by atoms with Crippen molar-refractivity contribution in [3.05, 3.63) is 34.9 Å². The van der Waals surface area contributed by atoms with Crippen molar-refractivity contribution < 1.29 is 4.79 Å². The van der Waals surface area contributed by atoms with E-state index in [9.17, 15) is 4.79 Å². The lowest BCUT2D eigenvalue weighted by atomic mass is 10.0. The second-order valence-electron chi connectivity index (χ2n) is 5.17. The fraction of sp³-hybridized carbons (Fsp3) is 0.500. The Hall–Kier alpha value is -1.35. The molecule has 92 valence electrons. The SMILES string of the molecule is Cc1ccc(C)c(C(=O)N2CC(C)C(N)C2)c1. The van der Waals surface area contributed by atoms with Gasteiger partial charge in [-0.05, 0) is 31.4 Å². The van der Waals surface area contributed by atoms with Crippen LogP contribution in [0.3, 0.4) is 0 Å². The molecule has 1 aromatic rings. The molecule has 1 amide bonds. The van der Waals surface area contributed by atoms with E-state index >= 15 is 0 Å². The molecule has 0 spiro atoms. The second-order valence-corrected chi connectivity index (χ2v) is 5.17. The lowest BCUT2D eigenvalue weighted by molar-refractivity contribution is 0.0786. The van der Waals surface area contributed by atoms with E-state index in [1.807, 2.05) is 36.9 Å². The average molecular weight is 232 g/mol. The Morgan fingerprint density at radius 3 is 2.65 bits per heavy atom. The lowest BCUT2D eigenvalue weighted by Crippen LogP contribution is -2.32. The molecule has 2 unspecified atom stereocenters. The van der Waals surface area contributed by atoms with E-state index in [2.05, 4.69) is 6.92 Å². The number of hydrogen-bond donors (Lipinski definition) is 1. The minimum absolute atomic E-state index is 0.115. The zero-order valence-electron chi connectivity index (χ0n) is 10.7. The van der Waals surface area contributed by atoms with Crippen molar-refractivity contribution in [2.24, 2.45) is 11.7 Å². The fourth-order valence-electron chi connectivity index (χ4n) is 2.29. The third-order valence-electron chi connectivity index (χ3n) is 3.58. The summed E-state index contributed by atoms with van der Waals surface area (Å²) in [5, 5.41) is 0. The van der Waals surface area contributed by atoms with Gasteiger partial charge in [0.2, 0.25) is 0 Å². The van der Waals surface area contributed by atoms with Gasteiger partial charge in [0.25, 0.3) is 5.91 Å². The highest BCUT2D eigenvalue weighted by molar-refractivity contribution is 5.96. The Morgan fingerprint density at radius 1 is 1.35 bits per heavy atom.